The number of hydrogen-bond donors (Lipinski definition) is 0. The van der Waals surface area contributed by atoms with Gasteiger partial charge in [-0.3, -0.25) is 9.69 Å². The number of likely N-dealkylation sites (N-methyl/N-ethyl adjacent to an activating group) is 1. The van der Waals surface area contributed by atoms with Gasteiger partial charge < -0.3 is 4.74 Å². The number of hydrogen-bond acceptors (Lipinski definition) is 3. The second kappa shape index (κ2) is 4.74. The Morgan fingerprint density at radius 1 is 1.55 bits per heavy atom. The molecule has 0 N–H and O–H groups in total. The third-order valence-corrected chi connectivity index (χ3v) is 4.94. The zero-order valence-corrected chi connectivity index (χ0v) is 12.2. The van der Waals surface area contributed by atoms with Crippen LogP contribution in [0.25, 0.3) is 0 Å². The Hall–Kier alpha value is -1.61. The van der Waals surface area contributed by atoms with E-state index in [-0.39, 0.29) is 11.5 Å². The van der Waals surface area contributed by atoms with Gasteiger partial charge in [-0.25, -0.2) is 0 Å². The number of carbonyl (C=O) groups excluding carboxylic acids is 1. The number of piperidine rings is 1. The summed E-state index contributed by atoms with van der Waals surface area (Å²) >= 11 is 0. The molecule has 1 aliphatic heterocycles. The Labute approximate surface area is 120 Å². The van der Waals surface area contributed by atoms with Gasteiger partial charge in [0.25, 0.3) is 0 Å². The molecule has 0 spiro atoms. The maximum Gasteiger partial charge on any atom is 0.161 e. The lowest BCUT2D eigenvalue weighted by molar-refractivity contribution is -0.134. The first-order valence-electron chi connectivity index (χ1n) is 7.15. The van der Waals surface area contributed by atoms with Crippen molar-refractivity contribution in [3.63, 3.8) is 0 Å². The van der Waals surface area contributed by atoms with E-state index in [1.807, 2.05) is 12.1 Å². The van der Waals surface area contributed by atoms with Gasteiger partial charge in [-0.15, -0.1) is 6.58 Å². The maximum atomic E-state index is 13.0. The summed E-state index contributed by atoms with van der Waals surface area (Å²) in [5.41, 5.74) is 2.05. The second-order valence-electron chi connectivity index (χ2n) is 5.91. The number of fused-ring (bicyclic) bond motifs is 4. The van der Waals surface area contributed by atoms with Crippen LogP contribution in [0, 0.1) is 0 Å². The van der Waals surface area contributed by atoms with Crippen LogP contribution in [-0.2, 0) is 16.6 Å². The smallest absolute Gasteiger partial charge is 0.161 e. The first kappa shape index (κ1) is 13.4. The molecule has 2 atom stereocenters. The molecule has 2 aliphatic rings. The van der Waals surface area contributed by atoms with Crippen molar-refractivity contribution < 1.29 is 9.53 Å². The van der Waals surface area contributed by atoms with Crippen LogP contribution in [-0.4, -0.2) is 37.4 Å². The van der Waals surface area contributed by atoms with E-state index < -0.39 is 0 Å². The minimum Gasteiger partial charge on any atom is -0.497 e. The van der Waals surface area contributed by atoms with Crippen molar-refractivity contribution in [2.75, 3.05) is 20.7 Å². The molecule has 106 valence electrons. The minimum atomic E-state index is -0.388. The van der Waals surface area contributed by atoms with Crippen molar-refractivity contribution >= 4 is 5.78 Å². The molecule has 0 amide bonds. The number of nitrogens with zero attached hydrogens (tertiary/aromatic N) is 1. The van der Waals surface area contributed by atoms with Crippen molar-refractivity contribution in [3.05, 3.63) is 42.0 Å². The number of allylic oxidation sites excluding steroid dienone is 1. The normalized spacial score (nSPS) is 28.9. The first-order valence-corrected chi connectivity index (χ1v) is 7.15. The topological polar surface area (TPSA) is 29.5 Å². The first-order chi connectivity index (χ1) is 9.62. The number of likely N-dealkylation sites (tertiary alicyclic amines) is 1. The lowest BCUT2D eigenvalue weighted by Crippen LogP contribution is -2.59. The highest BCUT2D eigenvalue weighted by Gasteiger charge is 2.51. The molecule has 3 heteroatoms. The molecule has 0 saturated carbocycles. The summed E-state index contributed by atoms with van der Waals surface area (Å²) in [6.07, 6.45) is 4.28. The Morgan fingerprint density at radius 2 is 2.35 bits per heavy atom. The van der Waals surface area contributed by atoms with E-state index in [1.165, 1.54) is 5.56 Å². The third kappa shape index (κ3) is 1.73. The fourth-order valence-corrected chi connectivity index (χ4v) is 3.75. The van der Waals surface area contributed by atoms with Crippen LogP contribution in [0.1, 0.15) is 24.0 Å². The molecule has 1 aromatic carbocycles. The molecule has 0 aromatic heterocycles. The van der Waals surface area contributed by atoms with Crippen molar-refractivity contribution in [2.45, 2.75) is 30.7 Å². The number of ketones is 1. The number of rotatable bonds is 3. The summed E-state index contributed by atoms with van der Waals surface area (Å²) in [5, 5.41) is 0. The van der Waals surface area contributed by atoms with Crippen LogP contribution in [0.2, 0.25) is 0 Å². The lowest BCUT2D eigenvalue weighted by Gasteiger charge is -2.48. The van der Waals surface area contributed by atoms with Crippen molar-refractivity contribution in [3.8, 4) is 5.75 Å². The Balaban J connectivity index is 2.19. The summed E-state index contributed by atoms with van der Waals surface area (Å²) in [4.78, 5) is 15.2. The maximum absolute atomic E-state index is 13.0. The van der Waals surface area contributed by atoms with Crippen LogP contribution >= 0.6 is 0 Å². The molecular formula is C17H21NO2. The Kier molecular flexibility index (Phi) is 3.17. The van der Waals surface area contributed by atoms with E-state index in [2.05, 4.69) is 30.7 Å². The number of methoxy groups -OCH3 is 1. The monoisotopic (exact) mass is 271 g/mol. The van der Waals surface area contributed by atoms with Gasteiger partial charge in [0, 0.05) is 0 Å². The molecule has 1 heterocycles. The molecule has 3 nitrogen and oxygen atoms in total. The standard InChI is InChI=1S/C17H21NO2/c1-4-7-17-8-9-18(2)15(16(17)19)10-12-5-6-13(20-3)11-14(12)17/h4-6,11,15H,1,7-10H2,2-3H3/t15-,17+/m1/s1. The summed E-state index contributed by atoms with van der Waals surface area (Å²) in [6, 6.07) is 6.18. The van der Waals surface area contributed by atoms with Gasteiger partial charge in [0.05, 0.1) is 18.6 Å². The molecule has 1 saturated heterocycles. The van der Waals surface area contributed by atoms with E-state index in [4.69, 9.17) is 4.74 Å². The summed E-state index contributed by atoms with van der Waals surface area (Å²) in [6.45, 7) is 4.83. The molecule has 3 rings (SSSR count). The molecule has 1 aliphatic carbocycles. The van der Waals surface area contributed by atoms with Crippen LogP contribution in [0.4, 0.5) is 0 Å². The van der Waals surface area contributed by atoms with Gasteiger partial charge in [0.15, 0.2) is 5.78 Å². The fraction of sp³-hybridized carbons (Fsp3) is 0.471. The number of ether oxygens (including phenoxy) is 1. The fourth-order valence-electron chi connectivity index (χ4n) is 3.75. The van der Waals surface area contributed by atoms with E-state index in [9.17, 15) is 4.79 Å². The van der Waals surface area contributed by atoms with Gasteiger partial charge >= 0.3 is 0 Å². The van der Waals surface area contributed by atoms with Crippen LogP contribution < -0.4 is 4.74 Å². The van der Waals surface area contributed by atoms with E-state index >= 15 is 0 Å². The van der Waals surface area contributed by atoms with Crippen LogP contribution in [0.3, 0.4) is 0 Å². The molecule has 0 radical (unpaired) electrons. The van der Waals surface area contributed by atoms with Crippen molar-refractivity contribution in [2.24, 2.45) is 0 Å². The molecule has 1 fully saturated rings. The van der Waals surface area contributed by atoms with Crippen molar-refractivity contribution in [1.29, 1.82) is 0 Å². The van der Waals surface area contributed by atoms with Gasteiger partial charge in [0.1, 0.15) is 5.75 Å². The number of benzene rings is 1. The lowest BCUT2D eigenvalue weighted by atomic mass is 9.61. The third-order valence-electron chi connectivity index (χ3n) is 4.94. The van der Waals surface area contributed by atoms with Crippen molar-refractivity contribution in [1.82, 2.24) is 4.90 Å². The quantitative estimate of drug-likeness (QED) is 0.790. The van der Waals surface area contributed by atoms with Crippen LogP contribution in [0.5, 0.6) is 5.75 Å². The van der Waals surface area contributed by atoms with Crippen LogP contribution in [0.15, 0.2) is 30.9 Å². The molecule has 0 unspecified atom stereocenters. The van der Waals surface area contributed by atoms with Gasteiger partial charge in [-0.05, 0) is 56.1 Å². The zero-order valence-electron chi connectivity index (χ0n) is 12.2. The average molecular weight is 271 g/mol. The molecular weight excluding hydrogens is 250 g/mol. The summed E-state index contributed by atoms with van der Waals surface area (Å²) in [7, 11) is 3.72. The number of Topliss-reactive ketones (excluding diaryl/α,β-unsaturated/α-hetero) is 1. The van der Waals surface area contributed by atoms with Gasteiger partial charge in [0.2, 0.25) is 0 Å². The average Bonchev–Trinajstić information content (AvgIpc) is 2.46. The van der Waals surface area contributed by atoms with Gasteiger partial charge in [-0.2, -0.15) is 0 Å². The largest absolute Gasteiger partial charge is 0.497 e. The zero-order chi connectivity index (χ0) is 14.3. The predicted octanol–water partition coefficient (Wildman–Crippen LogP) is 2.34. The summed E-state index contributed by atoms with van der Waals surface area (Å²) in [5.74, 6) is 1.18. The van der Waals surface area contributed by atoms with Gasteiger partial charge in [-0.1, -0.05) is 12.1 Å². The predicted molar refractivity (Wildman–Crippen MR) is 79.2 cm³/mol. The molecule has 1 aromatic rings. The molecule has 2 bridgehead atoms. The number of carbonyl (C=O) groups is 1. The highest BCUT2D eigenvalue weighted by molar-refractivity contribution is 5.97. The van der Waals surface area contributed by atoms with E-state index in [0.717, 1.165) is 37.1 Å². The van der Waals surface area contributed by atoms with E-state index in [0.29, 0.717) is 5.78 Å². The second-order valence-corrected chi connectivity index (χ2v) is 5.91. The summed E-state index contributed by atoms with van der Waals surface area (Å²) < 4.78 is 5.35. The van der Waals surface area contributed by atoms with E-state index in [1.54, 1.807) is 7.11 Å². The Morgan fingerprint density at radius 3 is 3.05 bits per heavy atom. The molecule has 20 heavy (non-hydrogen) atoms. The highest BCUT2D eigenvalue weighted by atomic mass is 16.5. The minimum absolute atomic E-state index is 0.0181. The Bertz CT molecular complexity index is 566. The highest BCUT2D eigenvalue weighted by Crippen LogP contribution is 2.45. The SMILES string of the molecule is C=CC[C@]12CCN(C)[C@H](Cc3ccc(OC)cc31)C2=O.